The molecule has 0 aliphatic heterocycles. The molecule has 0 bridgehead atoms. The maximum atomic E-state index is 12.1. The molecular formula is C16H25NO8. The van der Waals surface area contributed by atoms with E-state index in [1.165, 1.54) is 0 Å². The van der Waals surface area contributed by atoms with E-state index >= 15 is 0 Å². The van der Waals surface area contributed by atoms with Crippen LogP contribution in [0.3, 0.4) is 0 Å². The average Bonchev–Trinajstić information content (AvgIpc) is 2.64. The zero-order valence-electron chi connectivity index (χ0n) is 13.7. The molecule has 6 N–H and O–H groups in total. The van der Waals surface area contributed by atoms with Crippen LogP contribution in [0.1, 0.15) is 5.56 Å². The van der Waals surface area contributed by atoms with E-state index in [9.17, 15) is 25.2 Å². The summed E-state index contributed by atoms with van der Waals surface area (Å²) in [6.45, 7) is -1.80. The Kier molecular flexibility index (Phi) is 9.35. The number of hydrogen-bond donors (Lipinski definition) is 6. The number of aliphatic hydroxyl groups is 6. The van der Waals surface area contributed by atoms with E-state index < -0.39 is 50.3 Å². The van der Waals surface area contributed by atoms with Crippen molar-refractivity contribution in [1.82, 2.24) is 4.90 Å². The van der Waals surface area contributed by atoms with Gasteiger partial charge in [-0.2, -0.15) is 0 Å². The zero-order valence-corrected chi connectivity index (χ0v) is 13.7. The highest BCUT2D eigenvalue weighted by Crippen LogP contribution is 2.09. The molecule has 1 amide bonds. The summed E-state index contributed by atoms with van der Waals surface area (Å²) < 4.78 is 5.08. The topological polar surface area (TPSA) is 151 Å². The summed E-state index contributed by atoms with van der Waals surface area (Å²) in [4.78, 5) is 13.0. The Bertz CT molecular complexity index is 500. The number of amides is 1. The fourth-order valence-corrected chi connectivity index (χ4v) is 2.09. The Balaban J connectivity index is 2.60. The van der Waals surface area contributed by atoms with Crippen molar-refractivity contribution >= 4 is 6.09 Å². The van der Waals surface area contributed by atoms with Crippen molar-refractivity contribution in [3.63, 3.8) is 0 Å². The van der Waals surface area contributed by atoms with Crippen molar-refractivity contribution in [3.8, 4) is 0 Å². The third-order valence-corrected chi connectivity index (χ3v) is 3.57. The van der Waals surface area contributed by atoms with Crippen molar-refractivity contribution in [2.45, 2.75) is 31.0 Å². The van der Waals surface area contributed by atoms with Gasteiger partial charge in [-0.05, 0) is 5.56 Å². The van der Waals surface area contributed by atoms with Crippen molar-refractivity contribution in [1.29, 1.82) is 0 Å². The van der Waals surface area contributed by atoms with Crippen LogP contribution in [0.2, 0.25) is 0 Å². The highest BCUT2D eigenvalue weighted by molar-refractivity contribution is 5.67. The van der Waals surface area contributed by atoms with E-state index in [2.05, 4.69) is 0 Å². The fraction of sp³-hybridized carbons (Fsp3) is 0.562. The summed E-state index contributed by atoms with van der Waals surface area (Å²) in [7, 11) is 0. The van der Waals surface area contributed by atoms with Crippen molar-refractivity contribution < 1.29 is 40.2 Å². The molecule has 0 radical (unpaired) electrons. The number of nitrogens with zero attached hydrogens (tertiary/aromatic N) is 1. The van der Waals surface area contributed by atoms with Crippen LogP contribution in [0.5, 0.6) is 0 Å². The Morgan fingerprint density at radius 2 is 1.60 bits per heavy atom. The summed E-state index contributed by atoms with van der Waals surface area (Å²) in [5, 5.41) is 56.4. The van der Waals surface area contributed by atoms with Crippen molar-refractivity contribution in [2.24, 2.45) is 0 Å². The van der Waals surface area contributed by atoms with E-state index in [1.807, 2.05) is 6.07 Å². The number of hydrogen-bond acceptors (Lipinski definition) is 8. The first-order valence-corrected chi connectivity index (χ1v) is 7.80. The van der Waals surface area contributed by atoms with Gasteiger partial charge in [-0.25, -0.2) is 4.79 Å². The third-order valence-electron chi connectivity index (χ3n) is 3.57. The Hall–Kier alpha value is -1.75. The number of benzene rings is 1. The van der Waals surface area contributed by atoms with Crippen LogP contribution in [0.4, 0.5) is 4.79 Å². The minimum Gasteiger partial charge on any atom is -0.445 e. The van der Waals surface area contributed by atoms with Gasteiger partial charge in [0.05, 0.1) is 19.8 Å². The molecule has 25 heavy (non-hydrogen) atoms. The average molecular weight is 359 g/mol. The van der Waals surface area contributed by atoms with Crippen molar-refractivity contribution in [2.75, 3.05) is 26.3 Å². The van der Waals surface area contributed by atoms with Crippen LogP contribution in [0.15, 0.2) is 30.3 Å². The number of aliphatic hydroxyl groups excluding tert-OH is 6. The molecule has 9 nitrogen and oxygen atoms in total. The zero-order chi connectivity index (χ0) is 18.8. The molecule has 0 saturated carbocycles. The Morgan fingerprint density at radius 3 is 2.16 bits per heavy atom. The lowest BCUT2D eigenvalue weighted by atomic mass is 10.0. The molecule has 1 rings (SSSR count). The lowest BCUT2D eigenvalue weighted by Gasteiger charge is -2.29. The van der Waals surface area contributed by atoms with E-state index in [1.54, 1.807) is 24.3 Å². The molecule has 0 fully saturated rings. The maximum Gasteiger partial charge on any atom is 0.410 e. The smallest absolute Gasteiger partial charge is 0.410 e. The molecule has 0 unspecified atom stereocenters. The molecule has 1 aromatic carbocycles. The van der Waals surface area contributed by atoms with Crippen LogP contribution < -0.4 is 0 Å². The van der Waals surface area contributed by atoms with Crippen LogP contribution in [0, 0.1) is 0 Å². The predicted molar refractivity (Wildman–Crippen MR) is 86.4 cm³/mol. The lowest BCUT2D eigenvalue weighted by molar-refractivity contribution is -0.118. The summed E-state index contributed by atoms with van der Waals surface area (Å²) >= 11 is 0. The van der Waals surface area contributed by atoms with Gasteiger partial charge in [0.25, 0.3) is 0 Å². The molecule has 1 aromatic rings. The number of carbonyl (C=O) groups excluding carboxylic acids is 1. The van der Waals surface area contributed by atoms with Gasteiger partial charge in [0.1, 0.15) is 31.0 Å². The van der Waals surface area contributed by atoms with Gasteiger partial charge in [-0.3, -0.25) is 0 Å². The number of ether oxygens (including phenoxy) is 1. The summed E-state index contributed by atoms with van der Waals surface area (Å²) in [6.07, 6.45) is -7.67. The number of carbonyl (C=O) groups is 1. The maximum absolute atomic E-state index is 12.1. The van der Waals surface area contributed by atoms with Crippen LogP contribution in [-0.2, 0) is 11.3 Å². The van der Waals surface area contributed by atoms with Gasteiger partial charge in [-0.1, -0.05) is 30.3 Å². The highest BCUT2D eigenvalue weighted by Gasteiger charge is 2.32. The molecule has 0 heterocycles. The van der Waals surface area contributed by atoms with E-state index in [0.29, 0.717) is 0 Å². The van der Waals surface area contributed by atoms with E-state index in [-0.39, 0.29) is 13.2 Å². The second-order valence-electron chi connectivity index (χ2n) is 5.51. The molecule has 9 heteroatoms. The van der Waals surface area contributed by atoms with Gasteiger partial charge < -0.3 is 40.3 Å². The third kappa shape index (κ3) is 6.94. The van der Waals surface area contributed by atoms with Gasteiger partial charge >= 0.3 is 6.09 Å². The van der Waals surface area contributed by atoms with Gasteiger partial charge in [0.2, 0.25) is 0 Å². The molecule has 0 spiro atoms. The van der Waals surface area contributed by atoms with Gasteiger partial charge in [0, 0.05) is 6.54 Å². The molecule has 0 aliphatic carbocycles. The Morgan fingerprint density at radius 1 is 1.00 bits per heavy atom. The molecule has 0 saturated heterocycles. The van der Waals surface area contributed by atoms with Gasteiger partial charge in [-0.15, -0.1) is 0 Å². The van der Waals surface area contributed by atoms with Crippen LogP contribution in [-0.4, -0.2) is 92.4 Å². The first-order valence-electron chi connectivity index (χ1n) is 7.80. The summed E-state index contributed by atoms with van der Waals surface area (Å²) in [5.41, 5.74) is 0.752. The molecular weight excluding hydrogens is 334 g/mol. The second-order valence-corrected chi connectivity index (χ2v) is 5.51. The molecule has 4 atom stereocenters. The highest BCUT2D eigenvalue weighted by atomic mass is 16.6. The van der Waals surface area contributed by atoms with Crippen LogP contribution in [0.25, 0.3) is 0 Å². The quantitative estimate of drug-likeness (QED) is 0.282. The largest absolute Gasteiger partial charge is 0.445 e. The normalized spacial score (nSPS) is 15.9. The SMILES string of the molecule is O=C(OCc1ccccc1)N(CCO)C[C@H](O)[C@@H](O)[C@H](O)[C@H](O)CO. The first kappa shape index (κ1) is 21.3. The summed E-state index contributed by atoms with van der Waals surface area (Å²) in [5.74, 6) is 0. The molecule has 0 aromatic heterocycles. The minimum absolute atomic E-state index is 0.00784. The molecule has 142 valence electrons. The predicted octanol–water partition coefficient (Wildman–Crippen LogP) is -1.95. The standard InChI is InChI=1S/C16H25NO8/c18-7-6-17(8-12(20)14(22)15(23)13(21)9-19)16(24)25-10-11-4-2-1-3-5-11/h1-5,12-15,18-23H,6-10H2/t12-,13+,14+,15+/m0/s1. The van der Waals surface area contributed by atoms with Gasteiger partial charge in [0.15, 0.2) is 0 Å². The number of rotatable bonds is 10. The van der Waals surface area contributed by atoms with E-state index in [0.717, 1.165) is 10.5 Å². The van der Waals surface area contributed by atoms with Crippen LogP contribution >= 0.6 is 0 Å². The second kappa shape index (κ2) is 11.0. The Labute approximate surface area is 145 Å². The minimum atomic E-state index is -1.80. The van der Waals surface area contributed by atoms with E-state index in [4.69, 9.17) is 14.9 Å². The molecule has 0 aliphatic rings. The van der Waals surface area contributed by atoms with Crippen molar-refractivity contribution in [3.05, 3.63) is 35.9 Å². The fourth-order valence-electron chi connectivity index (χ4n) is 2.09. The monoisotopic (exact) mass is 359 g/mol. The first-order chi connectivity index (χ1) is 11.9. The summed E-state index contributed by atoms with van der Waals surface area (Å²) in [6, 6.07) is 8.89. The lowest BCUT2D eigenvalue weighted by Crippen LogP contribution is -2.51.